The number of nitrogens with zero attached hydrogens (tertiary/aromatic N) is 1. The van der Waals surface area contributed by atoms with Gasteiger partial charge in [0.2, 0.25) is 5.91 Å². The minimum absolute atomic E-state index is 0.0523. The highest BCUT2D eigenvalue weighted by molar-refractivity contribution is 8.00. The molecule has 6 heteroatoms. The van der Waals surface area contributed by atoms with Gasteiger partial charge in [0, 0.05) is 23.3 Å². The molecule has 0 aliphatic carbocycles. The molecule has 104 valence electrons. The average Bonchev–Trinajstić information content (AvgIpc) is 2.36. The maximum Gasteiger partial charge on any atom is 0.305 e. The molecule has 0 bridgehead atoms. The second-order valence-corrected chi connectivity index (χ2v) is 5.54. The molecule has 19 heavy (non-hydrogen) atoms. The van der Waals surface area contributed by atoms with Crippen LogP contribution in [-0.2, 0) is 9.59 Å². The number of carboxylic acids is 1. The Balaban J connectivity index is 2.42. The third kappa shape index (κ3) is 6.24. The molecule has 0 saturated heterocycles. The van der Waals surface area contributed by atoms with Crippen LogP contribution in [0.4, 0.5) is 0 Å². The van der Waals surface area contributed by atoms with Gasteiger partial charge < -0.3 is 10.4 Å². The number of thioether (sulfide) groups is 1. The molecule has 5 nitrogen and oxygen atoms in total. The summed E-state index contributed by atoms with van der Waals surface area (Å²) in [5, 5.41) is 11.6. The summed E-state index contributed by atoms with van der Waals surface area (Å²) in [7, 11) is 0. The molecule has 1 unspecified atom stereocenters. The van der Waals surface area contributed by atoms with Gasteiger partial charge in [0.1, 0.15) is 0 Å². The molecule has 0 saturated carbocycles. The van der Waals surface area contributed by atoms with Crippen molar-refractivity contribution in [2.45, 2.75) is 31.2 Å². The molecule has 1 aromatic heterocycles. The lowest BCUT2D eigenvalue weighted by atomic mass is 10.0. The fraction of sp³-hybridized carbons (Fsp3) is 0.462. The summed E-state index contributed by atoms with van der Waals surface area (Å²) < 4.78 is 0. The van der Waals surface area contributed by atoms with E-state index in [9.17, 15) is 9.59 Å². The van der Waals surface area contributed by atoms with E-state index in [1.165, 1.54) is 11.8 Å². The third-order valence-corrected chi connectivity index (χ3v) is 3.58. The summed E-state index contributed by atoms with van der Waals surface area (Å²) in [4.78, 5) is 27.3. The molecule has 1 heterocycles. The van der Waals surface area contributed by atoms with Gasteiger partial charge >= 0.3 is 5.97 Å². The van der Waals surface area contributed by atoms with E-state index in [0.717, 1.165) is 4.90 Å². The van der Waals surface area contributed by atoms with Gasteiger partial charge in [0.15, 0.2) is 0 Å². The second kappa shape index (κ2) is 7.78. The lowest BCUT2D eigenvalue weighted by Crippen LogP contribution is -2.40. The fourth-order valence-electron chi connectivity index (χ4n) is 1.47. The highest BCUT2D eigenvalue weighted by Gasteiger charge is 2.19. The number of amides is 1. The number of hydrogen-bond donors (Lipinski definition) is 2. The molecule has 2 N–H and O–H groups in total. The molecular formula is C13H18N2O3S. The first-order valence-corrected chi connectivity index (χ1v) is 7.01. The first-order valence-electron chi connectivity index (χ1n) is 6.03. The zero-order chi connectivity index (χ0) is 14.3. The number of carbonyl (C=O) groups is 2. The van der Waals surface area contributed by atoms with Crippen LogP contribution in [0.25, 0.3) is 0 Å². The van der Waals surface area contributed by atoms with Crippen LogP contribution in [0.5, 0.6) is 0 Å². The standard InChI is InChI=1S/C13H18N2O3S/c1-9(2)11(7-13(17)18)15-12(16)8-19-10-3-5-14-6-4-10/h3-6,9,11H,7-8H2,1-2H3,(H,15,16)(H,17,18). The molecule has 0 radical (unpaired) electrons. The first-order chi connectivity index (χ1) is 8.99. The number of aliphatic carboxylic acids is 1. The highest BCUT2D eigenvalue weighted by Crippen LogP contribution is 2.16. The monoisotopic (exact) mass is 282 g/mol. The van der Waals surface area contributed by atoms with E-state index in [0.29, 0.717) is 0 Å². The van der Waals surface area contributed by atoms with Crippen LogP contribution in [0.15, 0.2) is 29.4 Å². The summed E-state index contributed by atoms with van der Waals surface area (Å²) in [6, 6.07) is 3.33. The van der Waals surface area contributed by atoms with Gasteiger partial charge in [-0.15, -0.1) is 11.8 Å². The number of carbonyl (C=O) groups excluding carboxylic acids is 1. The van der Waals surface area contributed by atoms with Crippen molar-refractivity contribution in [3.8, 4) is 0 Å². The van der Waals surface area contributed by atoms with Crippen molar-refractivity contribution in [3.05, 3.63) is 24.5 Å². The van der Waals surface area contributed by atoms with Crippen molar-refractivity contribution >= 4 is 23.6 Å². The van der Waals surface area contributed by atoms with Gasteiger partial charge in [-0.2, -0.15) is 0 Å². The number of rotatable bonds is 7. The Morgan fingerprint density at radius 1 is 1.37 bits per heavy atom. The van der Waals surface area contributed by atoms with Crippen molar-refractivity contribution < 1.29 is 14.7 Å². The summed E-state index contributed by atoms with van der Waals surface area (Å²) in [5.74, 6) is -0.694. The average molecular weight is 282 g/mol. The van der Waals surface area contributed by atoms with Crippen molar-refractivity contribution in [3.63, 3.8) is 0 Å². The van der Waals surface area contributed by atoms with Crippen molar-refractivity contribution in [1.29, 1.82) is 0 Å². The molecule has 0 aliphatic rings. The van der Waals surface area contributed by atoms with Crippen LogP contribution in [0.1, 0.15) is 20.3 Å². The minimum atomic E-state index is -0.902. The zero-order valence-electron chi connectivity index (χ0n) is 11.0. The fourth-order valence-corrected chi connectivity index (χ4v) is 2.17. The van der Waals surface area contributed by atoms with E-state index in [1.807, 2.05) is 26.0 Å². The van der Waals surface area contributed by atoms with Crippen molar-refractivity contribution in [1.82, 2.24) is 10.3 Å². The van der Waals surface area contributed by atoms with Crippen LogP contribution < -0.4 is 5.32 Å². The summed E-state index contributed by atoms with van der Waals surface area (Å²) in [6.45, 7) is 3.79. The van der Waals surface area contributed by atoms with Gasteiger partial charge in [-0.1, -0.05) is 13.8 Å². The van der Waals surface area contributed by atoms with Gasteiger partial charge in [-0.25, -0.2) is 0 Å². The van der Waals surface area contributed by atoms with E-state index >= 15 is 0 Å². The molecule has 1 rings (SSSR count). The summed E-state index contributed by atoms with van der Waals surface area (Å²) >= 11 is 1.40. The largest absolute Gasteiger partial charge is 0.481 e. The molecular weight excluding hydrogens is 264 g/mol. The molecule has 0 fully saturated rings. The quantitative estimate of drug-likeness (QED) is 0.745. The zero-order valence-corrected chi connectivity index (χ0v) is 11.8. The molecule has 0 spiro atoms. The van der Waals surface area contributed by atoms with E-state index in [2.05, 4.69) is 10.3 Å². The van der Waals surface area contributed by atoms with Crippen LogP contribution >= 0.6 is 11.8 Å². The van der Waals surface area contributed by atoms with E-state index in [4.69, 9.17) is 5.11 Å². The number of carboxylic acid groups (broad SMARTS) is 1. The highest BCUT2D eigenvalue weighted by atomic mass is 32.2. The number of hydrogen-bond acceptors (Lipinski definition) is 4. The molecule has 1 atom stereocenters. The third-order valence-electron chi connectivity index (χ3n) is 2.57. The van der Waals surface area contributed by atoms with Crippen LogP contribution in [0.2, 0.25) is 0 Å². The predicted molar refractivity (Wildman–Crippen MR) is 74.0 cm³/mol. The van der Waals surface area contributed by atoms with Crippen molar-refractivity contribution in [2.24, 2.45) is 5.92 Å². The number of nitrogens with one attached hydrogen (secondary N) is 1. The van der Waals surface area contributed by atoms with Gasteiger partial charge in [-0.05, 0) is 18.1 Å². The van der Waals surface area contributed by atoms with Crippen LogP contribution in [-0.4, -0.2) is 33.8 Å². The molecule has 1 amide bonds. The summed E-state index contributed by atoms with van der Waals surface area (Å²) in [5.41, 5.74) is 0. The Morgan fingerprint density at radius 2 is 2.00 bits per heavy atom. The Kier molecular flexibility index (Phi) is 6.35. The number of aromatic nitrogens is 1. The molecule has 0 aliphatic heterocycles. The normalized spacial score (nSPS) is 12.2. The van der Waals surface area contributed by atoms with E-state index in [-0.39, 0.29) is 30.0 Å². The molecule has 1 aromatic rings. The van der Waals surface area contributed by atoms with Gasteiger partial charge in [0.05, 0.1) is 12.2 Å². The van der Waals surface area contributed by atoms with Crippen LogP contribution in [0, 0.1) is 5.92 Å². The maximum absolute atomic E-state index is 11.8. The Labute approximate surface area is 116 Å². The van der Waals surface area contributed by atoms with Gasteiger partial charge in [-0.3, -0.25) is 14.6 Å². The number of pyridine rings is 1. The SMILES string of the molecule is CC(C)C(CC(=O)O)NC(=O)CSc1ccncc1. The Hall–Kier alpha value is -1.56. The summed E-state index contributed by atoms with van der Waals surface area (Å²) in [6.07, 6.45) is 3.28. The van der Waals surface area contributed by atoms with E-state index in [1.54, 1.807) is 12.4 Å². The van der Waals surface area contributed by atoms with E-state index < -0.39 is 5.97 Å². The minimum Gasteiger partial charge on any atom is -0.481 e. The lowest BCUT2D eigenvalue weighted by Gasteiger charge is -2.20. The Bertz CT molecular complexity index is 423. The topological polar surface area (TPSA) is 79.3 Å². The smallest absolute Gasteiger partial charge is 0.305 e. The predicted octanol–water partition coefficient (Wildman–Crippen LogP) is 1.79. The first kappa shape index (κ1) is 15.5. The second-order valence-electron chi connectivity index (χ2n) is 4.49. The molecule has 0 aromatic carbocycles. The van der Waals surface area contributed by atoms with Crippen LogP contribution in [0.3, 0.4) is 0 Å². The maximum atomic E-state index is 11.8. The van der Waals surface area contributed by atoms with Crippen molar-refractivity contribution in [2.75, 3.05) is 5.75 Å². The Morgan fingerprint density at radius 3 is 2.53 bits per heavy atom. The van der Waals surface area contributed by atoms with Gasteiger partial charge in [0.25, 0.3) is 0 Å². The lowest BCUT2D eigenvalue weighted by molar-refractivity contribution is -0.138.